The first-order chi connectivity index (χ1) is 18.5. The molecule has 0 amide bonds. The largest absolute Gasteiger partial charge is 0.256 e. The molecule has 1 nitrogen and oxygen atoms in total. The van der Waals surface area contributed by atoms with Crippen molar-refractivity contribution >= 4 is 56.4 Å². The van der Waals surface area contributed by atoms with Gasteiger partial charge in [-0.05, 0) is 77.6 Å². The van der Waals surface area contributed by atoms with Crippen molar-refractivity contribution in [2.75, 3.05) is 0 Å². The Morgan fingerprint density at radius 2 is 1.05 bits per heavy atom. The van der Waals surface area contributed by atoms with Crippen LogP contribution in [0.4, 0.5) is 0 Å². The molecular weight excluding hydrogens is 474 g/mol. The molecule has 0 aliphatic rings. The zero-order valence-electron chi connectivity index (χ0n) is 22.0. The SMILES string of the molecule is C[Si](C)(C)c1ccc(-c2ccc3c4ccccc4c4ccc(-c5cccc6ccccc56)cc4c3c2)nc1. The van der Waals surface area contributed by atoms with Crippen molar-refractivity contribution < 1.29 is 0 Å². The molecule has 0 saturated heterocycles. The van der Waals surface area contributed by atoms with Crippen LogP contribution in [0.5, 0.6) is 0 Å². The van der Waals surface area contributed by atoms with E-state index in [1.54, 1.807) is 0 Å². The smallest absolute Gasteiger partial charge is 0.0796 e. The summed E-state index contributed by atoms with van der Waals surface area (Å²) in [5.41, 5.74) is 4.70. The lowest BCUT2D eigenvalue weighted by molar-refractivity contribution is 1.34. The van der Waals surface area contributed by atoms with Gasteiger partial charge < -0.3 is 0 Å². The number of fused-ring (bicyclic) bond motifs is 7. The van der Waals surface area contributed by atoms with Gasteiger partial charge in [0.25, 0.3) is 0 Å². The zero-order chi connectivity index (χ0) is 25.9. The second-order valence-corrected chi connectivity index (χ2v) is 16.4. The molecule has 0 aliphatic carbocycles. The maximum absolute atomic E-state index is 4.90. The number of rotatable bonds is 3. The Labute approximate surface area is 224 Å². The second kappa shape index (κ2) is 8.65. The third-order valence-electron chi connectivity index (χ3n) is 7.86. The number of pyridine rings is 1. The van der Waals surface area contributed by atoms with Gasteiger partial charge in [-0.25, -0.2) is 0 Å². The van der Waals surface area contributed by atoms with Gasteiger partial charge >= 0.3 is 0 Å². The van der Waals surface area contributed by atoms with E-state index in [9.17, 15) is 0 Å². The highest BCUT2D eigenvalue weighted by Crippen LogP contribution is 2.39. The number of aromatic nitrogens is 1. The maximum Gasteiger partial charge on any atom is 0.0796 e. The van der Waals surface area contributed by atoms with Crippen LogP contribution in [0.1, 0.15) is 0 Å². The molecule has 0 bridgehead atoms. The summed E-state index contributed by atoms with van der Waals surface area (Å²) in [6, 6.07) is 42.3. The summed E-state index contributed by atoms with van der Waals surface area (Å²) in [6.07, 6.45) is 2.09. The Morgan fingerprint density at radius 3 is 1.71 bits per heavy atom. The molecule has 0 saturated carbocycles. The molecule has 0 spiro atoms. The third-order valence-corrected chi connectivity index (χ3v) is 9.89. The Kier molecular flexibility index (Phi) is 5.21. The molecule has 38 heavy (non-hydrogen) atoms. The van der Waals surface area contributed by atoms with Crippen molar-refractivity contribution in [2.45, 2.75) is 19.6 Å². The minimum absolute atomic E-state index is 1.03. The maximum atomic E-state index is 4.90. The molecular formula is C36H29NSi. The highest BCUT2D eigenvalue weighted by Gasteiger charge is 2.17. The van der Waals surface area contributed by atoms with E-state index in [2.05, 4.69) is 141 Å². The van der Waals surface area contributed by atoms with Crippen molar-refractivity contribution in [2.24, 2.45) is 0 Å². The molecule has 0 N–H and O–H groups in total. The van der Waals surface area contributed by atoms with Crippen LogP contribution in [0, 0.1) is 0 Å². The van der Waals surface area contributed by atoms with Crippen LogP contribution < -0.4 is 5.19 Å². The minimum Gasteiger partial charge on any atom is -0.256 e. The molecule has 1 aromatic heterocycles. The van der Waals surface area contributed by atoms with E-state index in [0.717, 1.165) is 11.3 Å². The van der Waals surface area contributed by atoms with Crippen LogP contribution >= 0.6 is 0 Å². The monoisotopic (exact) mass is 503 g/mol. The van der Waals surface area contributed by atoms with Gasteiger partial charge in [0.2, 0.25) is 0 Å². The highest BCUT2D eigenvalue weighted by atomic mass is 28.3. The molecule has 0 atom stereocenters. The summed E-state index contributed by atoms with van der Waals surface area (Å²) in [4.78, 5) is 4.90. The average Bonchev–Trinajstić information content (AvgIpc) is 2.96. The van der Waals surface area contributed by atoms with Crippen molar-refractivity contribution in [3.8, 4) is 22.4 Å². The van der Waals surface area contributed by atoms with Crippen molar-refractivity contribution in [3.05, 3.63) is 121 Å². The van der Waals surface area contributed by atoms with Crippen LogP contribution in [0.3, 0.4) is 0 Å². The van der Waals surface area contributed by atoms with Crippen LogP contribution in [0.2, 0.25) is 19.6 Å². The molecule has 6 aromatic carbocycles. The summed E-state index contributed by atoms with van der Waals surface area (Å²) in [6.45, 7) is 7.10. The number of nitrogens with zero attached hydrogens (tertiary/aromatic N) is 1. The van der Waals surface area contributed by atoms with Gasteiger partial charge in [-0.15, -0.1) is 0 Å². The number of hydrogen-bond donors (Lipinski definition) is 0. The van der Waals surface area contributed by atoms with Gasteiger partial charge in [0.05, 0.1) is 13.8 Å². The molecule has 182 valence electrons. The fourth-order valence-electron chi connectivity index (χ4n) is 5.77. The van der Waals surface area contributed by atoms with E-state index in [0.29, 0.717) is 0 Å². The Balaban J connectivity index is 1.50. The summed E-state index contributed by atoms with van der Waals surface area (Å²) >= 11 is 0. The molecule has 7 rings (SSSR count). The minimum atomic E-state index is -1.39. The van der Waals surface area contributed by atoms with E-state index in [1.807, 2.05) is 0 Å². The van der Waals surface area contributed by atoms with E-state index in [-0.39, 0.29) is 0 Å². The van der Waals surface area contributed by atoms with Crippen LogP contribution in [0.15, 0.2) is 121 Å². The van der Waals surface area contributed by atoms with Gasteiger partial charge in [-0.1, -0.05) is 117 Å². The first-order valence-electron chi connectivity index (χ1n) is 13.3. The van der Waals surface area contributed by atoms with Gasteiger partial charge in [0, 0.05) is 11.8 Å². The molecule has 0 fully saturated rings. The van der Waals surface area contributed by atoms with E-state index >= 15 is 0 Å². The van der Waals surface area contributed by atoms with Gasteiger partial charge in [-0.2, -0.15) is 0 Å². The van der Waals surface area contributed by atoms with Gasteiger partial charge in [-0.3, -0.25) is 4.98 Å². The molecule has 7 aromatic rings. The Hall–Kier alpha value is -4.27. The lowest BCUT2D eigenvalue weighted by atomic mass is 9.90. The average molecular weight is 504 g/mol. The predicted octanol–water partition coefficient (Wildman–Crippen LogP) is 9.57. The molecule has 2 heteroatoms. The molecule has 1 heterocycles. The van der Waals surface area contributed by atoms with Crippen LogP contribution in [0.25, 0.3) is 65.5 Å². The quantitative estimate of drug-likeness (QED) is 0.173. The zero-order valence-corrected chi connectivity index (χ0v) is 23.0. The Morgan fingerprint density at radius 1 is 0.474 bits per heavy atom. The first kappa shape index (κ1) is 22.9. The summed E-state index contributed by atoms with van der Waals surface area (Å²) in [5.74, 6) is 0. The summed E-state index contributed by atoms with van der Waals surface area (Å²) in [5, 5.41) is 11.7. The number of benzene rings is 6. The van der Waals surface area contributed by atoms with Crippen molar-refractivity contribution in [1.29, 1.82) is 0 Å². The third kappa shape index (κ3) is 3.72. The topological polar surface area (TPSA) is 12.9 Å². The molecule has 0 radical (unpaired) electrons. The fourth-order valence-corrected chi connectivity index (χ4v) is 6.80. The molecule has 0 unspecified atom stereocenters. The van der Waals surface area contributed by atoms with Crippen molar-refractivity contribution in [3.63, 3.8) is 0 Å². The number of hydrogen-bond acceptors (Lipinski definition) is 1. The summed E-state index contributed by atoms with van der Waals surface area (Å²) < 4.78 is 0. The van der Waals surface area contributed by atoms with Crippen molar-refractivity contribution in [1.82, 2.24) is 4.98 Å². The second-order valence-electron chi connectivity index (χ2n) is 11.3. The normalized spacial score (nSPS) is 12.1. The van der Waals surface area contributed by atoms with Crippen LogP contribution in [-0.2, 0) is 0 Å². The first-order valence-corrected chi connectivity index (χ1v) is 16.8. The highest BCUT2D eigenvalue weighted by molar-refractivity contribution is 6.88. The van der Waals surface area contributed by atoms with Gasteiger partial charge in [0.15, 0.2) is 0 Å². The standard InChI is InChI=1S/C36H29NSi/c1-38(2,3)27-17-20-36(37-23-27)26-16-19-33-31-13-7-6-12-30(31)32-18-15-25(21-34(32)35(33)22-26)29-14-8-10-24-9-4-5-11-28(24)29/h4-23H,1-3H3. The lowest BCUT2D eigenvalue weighted by Crippen LogP contribution is -2.37. The predicted molar refractivity (Wildman–Crippen MR) is 168 cm³/mol. The van der Waals surface area contributed by atoms with E-state index in [1.165, 1.54) is 59.4 Å². The Bertz CT molecular complexity index is 1990. The summed E-state index contributed by atoms with van der Waals surface area (Å²) in [7, 11) is -1.39. The van der Waals surface area contributed by atoms with E-state index < -0.39 is 8.07 Å². The van der Waals surface area contributed by atoms with E-state index in [4.69, 9.17) is 4.98 Å². The van der Waals surface area contributed by atoms with Gasteiger partial charge in [0.1, 0.15) is 0 Å². The fraction of sp³-hybridized carbons (Fsp3) is 0.0833. The van der Waals surface area contributed by atoms with Crippen LogP contribution in [-0.4, -0.2) is 13.1 Å². The lowest BCUT2D eigenvalue weighted by Gasteiger charge is -2.16. The molecule has 0 aliphatic heterocycles.